The Morgan fingerprint density at radius 1 is 0.536 bits per heavy atom. The second kappa shape index (κ2) is 24.9. The molecule has 0 aliphatic carbocycles. The SMILES string of the molecule is CCCCCCCCCCCCCCCCCCCCCC(CO)NCCO. The molecular weight excluding hydrogens is 346 g/mol. The van der Waals surface area contributed by atoms with Gasteiger partial charge in [-0.05, 0) is 6.42 Å². The Labute approximate surface area is 177 Å². The predicted molar refractivity (Wildman–Crippen MR) is 124 cm³/mol. The third kappa shape index (κ3) is 22.2. The normalized spacial score (nSPS) is 12.5. The van der Waals surface area contributed by atoms with Gasteiger partial charge in [0.05, 0.1) is 13.2 Å². The molecule has 1 atom stereocenters. The van der Waals surface area contributed by atoms with Gasteiger partial charge in [0.1, 0.15) is 0 Å². The van der Waals surface area contributed by atoms with Gasteiger partial charge in [0.2, 0.25) is 0 Å². The Hall–Kier alpha value is -0.120. The molecular formula is C25H53NO2. The highest BCUT2D eigenvalue weighted by atomic mass is 16.3. The molecule has 0 bridgehead atoms. The summed E-state index contributed by atoms with van der Waals surface area (Å²) in [5.74, 6) is 0. The molecule has 0 aromatic heterocycles. The highest BCUT2D eigenvalue weighted by molar-refractivity contribution is 4.65. The molecule has 170 valence electrons. The molecule has 0 rings (SSSR count). The fourth-order valence-electron chi connectivity index (χ4n) is 4.00. The van der Waals surface area contributed by atoms with Gasteiger partial charge in [-0.2, -0.15) is 0 Å². The monoisotopic (exact) mass is 399 g/mol. The van der Waals surface area contributed by atoms with Crippen molar-refractivity contribution in [3.63, 3.8) is 0 Å². The molecule has 0 fully saturated rings. The first-order valence-corrected chi connectivity index (χ1v) is 12.8. The third-order valence-corrected chi connectivity index (χ3v) is 5.92. The van der Waals surface area contributed by atoms with Crippen LogP contribution in [0.15, 0.2) is 0 Å². The number of unbranched alkanes of at least 4 members (excludes halogenated alkanes) is 18. The minimum atomic E-state index is 0.149. The van der Waals surface area contributed by atoms with E-state index in [1.54, 1.807) is 0 Å². The molecule has 0 radical (unpaired) electrons. The fourth-order valence-corrected chi connectivity index (χ4v) is 4.00. The standard InChI is InChI=1S/C25H53NO2/c1-2-3-4-5-6-7-8-9-10-11-12-13-14-15-16-17-18-19-20-21-25(24-28)26-22-23-27/h25-28H,2-24H2,1H3. The average molecular weight is 400 g/mol. The highest BCUT2D eigenvalue weighted by Gasteiger charge is 2.05. The van der Waals surface area contributed by atoms with Gasteiger partial charge in [-0.3, -0.25) is 0 Å². The van der Waals surface area contributed by atoms with E-state index in [1.165, 1.54) is 122 Å². The predicted octanol–water partition coefficient (Wildman–Crippen LogP) is 6.75. The molecule has 3 N–H and O–H groups in total. The smallest absolute Gasteiger partial charge is 0.0584 e. The molecule has 0 aromatic rings. The van der Waals surface area contributed by atoms with Crippen molar-refractivity contribution in [1.29, 1.82) is 0 Å². The van der Waals surface area contributed by atoms with E-state index in [4.69, 9.17) is 5.11 Å². The first-order chi connectivity index (χ1) is 13.8. The Balaban J connectivity index is 3.10. The van der Waals surface area contributed by atoms with Gasteiger partial charge in [-0.15, -0.1) is 0 Å². The molecule has 0 spiro atoms. The van der Waals surface area contributed by atoms with Crippen LogP contribution in [0, 0.1) is 0 Å². The largest absolute Gasteiger partial charge is 0.395 e. The summed E-state index contributed by atoms with van der Waals surface area (Å²) in [6.45, 7) is 3.21. The Bertz CT molecular complexity index is 273. The van der Waals surface area contributed by atoms with Crippen molar-refractivity contribution < 1.29 is 10.2 Å². The summed E-state index contributed by atoms with van der Waals surface area (Å²) < 4.78 is 0. The fraction of sp³-hybridized carbons (Fsp3) is 1.00. The van der Waals surface area contributed by atoms with Gasteiger partial charge in [0, 0.05) is 12.6 Å². The van der Waals surface area contributed by atoms with E-state index in [0.29, 0.717) is 6.54 Å². The maximum Gasteiger partial charge on any atom is 0.0584 e. The lowest BCUT2D eigenvalue weighted by Crippen LogP contribution is -2.34. The molecule has 0 saturated carbocycles. The van der Waals surface area contributed by atoms with Crippen LogP contribution in [0.25, 0.3) is 0 Å². The van der Waals surface area contributed by atoms with Crippen LogP contribution in [0.2, 0.25) is 0 Å². The molecule has 0 aliphatic heterocycles. The lowest BCUT2D eigenvalue weighted by molar-refractivity contribution is 0.217. The van der Waals surface area contributed by atoms with E-state index in [-0.39, 0.29) is 19.3 Å². The van der Waals surface area contributed by atoms with Crippen LogP contribution in [-0.2, 0) is 0 Å². The second-order valence-corrected chi connectivity index (χ2v) is 8.71. The lowest BCUT2D eigenvalue weighted by Gasteiger charge is -2.15. The summed E-state index contributed by atoms with van der Waals surface area (Å²) in [7, 11) is 0. The van der Waals surface area contributed by atoms with Crippen LogP contribution < -0.4 is 5.32 Å². The topological polar surface area (TPSA) is 52.5 Å². The summed E-state index contributed by atoms with van der Waals surface area (Å²) in [4.78, 5) is 0. The Kier molecular flexibility index (Phi) is 24.8. The molecule has 0 aliphatic rings. The van der Waals surface area contributed by atoms with Crippen molar-refractivity contribution in [2.24, 2.45) is 0 Å². The summed E-state index contributed by atoms with van der Waals surface area (Å²) >= 11 is 0. The molecule has 3 nitrogen and oxygen atoms in total. The van der Waals surface area contributed by atoms with E-state index < -0.39 is 0 Å². The van der Waals surface area contributed by atoms with Gasteiger partial charge >= 0.3 is 0 Å². The first-order valence-electron chi connectivity index (χ1n) is 12.8. The second-order valence-electron chi connectivity index (χ2n) is 8.71. The Morgan fingerprint density at radius 3 is 1.21 bits per heavy atom. The van der Waals surface area contributed by atoms with Crippen molar-refractivity contribution in [2.75, 3.05) is 19.8 Å². The van der Waals surface area contributed by atoms with Crippen LogP contribution in [0.5, 0.6) is 0 Å². The van der Waals surface area contributed by atoms with Crippen molar-refractivity contribution in [3.05, 3.63) is 0 Å². The van der Waals surface area contributed by atoms with Crippen LogP contribution in [0.1, 0.15) is 135 Å². The van der Waals surface area contributed by atoms with Gasteiger partial charge in [0.15, 0.2) is 0 Å². The van der Waals surface area contributed by atoms with Gasteiger partial charge in [0.25, 0.3) is 0 Å². The zero-order chi connectivity index (χ0) is 20.5. The zero-order valence-electron chi connectivity index (χ0n) is 19.2. The maximum absolute atomic E-state index is 9.26. The van der Waals surface area contributed by atoms with Crippen LogP contribution in [-0.4, -0.2) is 36.0 Å². The summed E-state index contributed by atoms with van der Waals surface area (Å²) in [5.41, 5.74) is 0. The van der Waals surface area contributed by atoms with E-state index in [9.17, 15) is 5.11 Å². The van der Waals surface area contributed by atoms with Crippen molar-refractivity contribution in [1.82, 2.24) is 5.32 Å². The summed E-state index contributed by atoms with van der Waals surface area (Å²) in [6, 6.07) is 0.165. The van der Waals surface area contributed by atoms with Crippen molar-refractivity contribution >= 4 is 0 Å². The third-order valence-electron chi connectivity index (χ3n) is 5.92. The quantitative estimate of drug-likeness (QED) is 0.157. The minimum Gasteiger partial charge on any atom is -0.395 e. The van der Waals surface area contributed by atoms with E-state index in [2.05, 4.69) is 12.2 Å². The van der Waals surface area contributed by atoms with Crippen molar-refractivity contribution in [2.45, 2.75) is 141 Å². The molecule has 0 amide bonds. The number of hydrogen-bond donors (Lipinski definition) is 3. The van der Waals surface area contributed by atoms with Crippen LogP contribution in [0.4, 0.5) is 0 Å². The molecule has 1 unspecified atom stereocenters. The number of hydrogen-bond acceptors (Lipinski definition) is 3. The van der Waals surface area contributed by atoms with Gasteiger partial charge < -0.3 is 15.5 Å². The first kappa shape index (κ1) is 27.9. The molecule has 0 heterocycles. The number of aliphatic hydroxyl groups excluding tert-OH is 2. The lowest BCUT2D eigenvalue weighted by atomic mass is 10.0. The number of aliphatic hydroxyl groups is 2. The van der Waals surface area contributed by atoms with E-state index >= 15 is 0 Å². The number of nitrogens with one attached hydrogen (secondary N) is 1. The summed E-state index contributed by atoms with van der Waals surface area (Å²) in [6.07, 6.45) is 27.7. The average Bonchev–Trinajstić information content (AvgIpc) is 2.72. The highest BCUT2D eigenvalue weighted by Crippen LogP contribution is 2.15. The van der Waals surface area contributed by atoms with Crippen LogP contribution in [0.3, 0.4) is 0 Å². The van der Waals surface area contributed by atoms with E-state index in [0.717, 1.165) is 6.42 Å². The minimum absolute atomic E-state index is 0.149. The van der Waals surface area contributed by atoms with Gasteiger partial charge in [-0.25, -0.2) is 0 Å². The Morgan fingerprint density at radius 2 is 0.893 bits per heavy atom. The maximum atomic E-state index is 9.26. The van der Waals surface area contributed by atoms with Gasteiger partial charge in [-0.1, -0.05) is 129 Å². The van der Waals surface area contributed by atoms with E-state index in [1.807, 2.05) is 0 Å². The number of rotatable bonds is 24. The van der Waals surface area contributed by atoms with Crippen molar-refractivity contribution in [3.8, 4) is 0 Å². The molecule has 3 heteroatoms. The molecule has 28 heavy (non-hydrogen) atoms. The van der Waals surface area contributed by atoms with Crippen LogP contribution >= 0.6 is 0 Å². The molecule has 0 saturated heterocycles. The zero-order valence-corrected chi connectivity index (χ0v) is 19.2. The molecule has 0 aromatic carbocycles. The summed E-state index contributed by atoms with van der Waals surface area (Å²) in [5, 5.41) is 21.2.